The predicted octanol–water partition coefficient (Wildman–Crippen LogP) is 20.1. The Morgan fingerprint density at radius 2 is 0.753 bits per heavy atom. The molecule has 0 saturated heterocycles. The van der Waals surface area contributed by atoms with Crippen molar-refractivity contribution in [3.05, 3.63) is 86.1 Å². The molecule has 0 rings (SSSR count). The number of rotatable bonds is 42. The van der Waals surface area contributed by atoms with Crippen molar-refractivity contribution in [1.29, 1.82) is 0 Å². The Balaban J connectivity index is -0.000000168. The largest absolute Gasteiger partial charge is 0.497 e. The van der Waals surface area contributed by atoms with Gasteiger partial charge in [-0.1, -0.05) is 218 Å². The molecule has 0 fully saturated rings. The number of likely N-dealkylation sites (N-methyl/N-ethyl adjacent to an activating group) is 2. The molecule has 0 aromatic rings. The Bertz CT molecular complexity index is 1600. The van der Waals surface area contributed by atoms with E-state index in [0.29, 0.717) is 36.8 Å². The van der Waals surface area contributed by atoms with Crippen LogP contribution < -0.4 is 11.1 Å². The quantitative estimate of drug-likeness (QED) is 0.0456. The average molecular weight is 1210 g/mol. The zero-order valence-electron chi connectivity index (χ0n) is 63.2. The first-order valence-corrected chi connectivity index (χ1v) is 34.3. The van der Waals surface area contributed by atoms with Gasteiger partial charge in [-0.05, 0) is 129 Å². The first kappa shape index (κ1) is 95.3. The van der Waals surface area contributed by atoms with Crippen molar-refractivity contribution >= 4 is 0 Å². The van der Waals surface area contributed by atoms with Gasteiger partial charge in [0.05, 0.1) is 23.9 Å². The summed E-state index contributed by atoms with van der Waals surface area (Å²) < 4.78 is 16.6. The Labute approximate surface area is 536 Å². The molecule has 0 saturated carbocycles. The van der Waals surface area contributed by atoms with Crippen molar-refractivity contribution in [3.63, 3.8) is 0 Å². The number of allylic oxidation sites excluding steroid dienone is 7. The summed E-state index contributed by atoms with van der Waals surface area (Å²) in [6.07, 6.45) is 15.5. The Morgan fingerprint density at radius 1 is 0.424 bits per heavy atom. The lowest BCUT2D eigenvalue weighted by atomic mass is 9.88. The van der Waals surface area contributed by atoms with Gasteiger partial charge in [0.1, 0.15) is 13.2 Å². The standard InChI is InChI=1S/C14H29N.C13H27NO.C11H23NO.2C10H21N.C9H19NO.C8H17N/c1-6-9-11-15(12-10-7-2)14(5)13(4)8-3;1-7-13(5,6)12(4)15-11-10-14(8-2)9-3;1-7-11(3,4)10(2)13-9-8-12(5)6;1-6-9(4)10(5)11(7-2)8-3;1-5-7-8-11-10(4)9(3)6-2;1-5-9(3,4)8(2)11-7-6-10;1-6-7(2)8(3)9(4)5/h13H,5-12H2,1-4H3;4,7-11H2,1-3,5-6H3;2,7-9H2,1,3-6H3;9H,5-8H2,1-4H3;9,11H,4-8H2,1-3H3;2,5-7,10H2,1,3-4H3;7H,3,6H2,1-2,4-5H3. The smallest absolute Gasteiger partial charge is 0.100 e. The fourth-order valence-corrected chi connectivity index (χ4v) is 6.89. The van der Waals surface area contributed by atoms with Crippen LogP contribution in [0.3, 0.4) is 0 Å². The molecule has 85 heavy (non-hydrogen) atoms. The highest BCUT2D eigenvalue weighted by atomic mass is 16.5. The number of nitrogens with two attached hydrogens (primary N) is 1. The molecule has 0 radical (unpaired) electrons. The molecule has 0 amide bonds. The molecule has 0 aliphatic heterocycles. The molecule has 510 valence electrons. The number of nitrogens with one attached hydrogen (secondary N) is 1. The molecular formula is C75H157N7O3. The molecule has 0 bridgehead atoms. The van der Waals surface area contributed by atoms with E-state index >= 15 is 0 Å². The Hall–Kier alpha value is -3.34. The van der Waals surface area contributed by atoms with Crippen LogP contribution in [0.4, 0.5) is 0 Å². The van der Waals surface area contributed by atoms with Crippen LogP contribution in [0, 0.1) is 39.9 Å². The number of ether oxygens (including phenoxy) is 3. The summed E-state index contributed by atoms with van der Waals surface area (Å²) >= 11 is 0. The van der Waals surface area contributed by atoms with Gasteiger partial charge in [-0.3, -0.25) is 0 Å². The summed E-state index contributed by atoms with van der Waals surface area (Å²) in [5, 5.41) is 3.34. The molecule has 0 aliphatic carbocycles. The minimum absolute atomic E-state index is 0.0785. The number of nitrogens with zero attached hydrogens (tertiary/aromatic N) is 5. The number of hydrogen-bond acceptors (Lipinski definition) is 10. The summed E-state index contributed by atoms with van der Waals surface area (Å²) in [6.45, 7) is 93.0. The zero-order valence-corrected chi connectivity index (χ0v) is 63.2. The number of unbranched alkanes of at least 4 members (excludes halogenated alkanes) is 3. The third-order valence-corrected chi connectivity index (χ3v) is 17.1. The van der Waals surface area contributed by atoms with Crippen LogP contribution >= 0.6 is 0 Å². The van der Waals surface area contributed by atoms with Gasteiger partial charge in [0, 0.05) is 105 Å². The second-order valence-electron chi connectivity index (χ2n) is 25.4. The average Bonchev–Trinajstić information content (AvgIpc) is 3.49. The second-order valence-corrected chi connectivity index (χ2v) is 25.4. The summed E-state index contributed by atoms with van der Waals surface area (Å²) in [4.78, 5) is 11.4. The van der Waals surface area contributed by atoms with Crippen LogP contribution in [0.5, 0.6) is 0 Å². The minimum atomic E-state index is 0.0785. The summed E-state index contributed by atoms with van der Waals surface area (Å²) in [6, 6.07) is 0. The van der Waals surface area contributed by atoms with Gasteiger partial charge in [-0.2, -0.15) is 0 Å². The van der Waals surface area contributed by atoms with Crippen molar-refractivity contribution in [2.45, 2.75) is 250 Å². The molecule has 4 atom stereocenters. The third-order valence-electron chi connectivity index (χ3n) is 17.1. The van der Waals surface area contributed by atoms with Crippen molar-refractivity contribution in [3.8, 4) is 0 Å². The minimum Gasteiger partial charge on any atom is -0.497 e. The zero-order chi connectivity index (χ0) is 68.0. The van der Waals surface area contributed by atoms with E-state index in [1.807, 2.05) is 28.2 Å². The molecule has 10 heteroatoms. The lowest BCUT2D eigenvalue weighted by Crippen LogP contribution is -2.28. The highest BCUT2D eigenvalue weighted by molar-refractivity contribution is 5.01. The van der Waals surface area contributed by atoms with E-state index in [9.17, 15) is 0 Å². The van der Waals surface area contributed by atoms with Gasteiger partial charge in [0.25, 0.3) is 0 Å². The van der Waals surface area contributed by atoms with E-state index in [1.165, 1.54) is 100 Å². The van der Waals surface area contributed by atoms with Crippen LogP contribution in [0.1, 0.15) is 250 Å². The topological polar surface area (TPSA) is 81.9 Å². The van der Waals surface area contributed by atoms with Crippen LogP contribution in [-0.2, 0) is 14.2 Å². The van der Waals surface area contributed by atoms with E-state index in [1.54, 1.807) is 0 Å². The van der Waals surface area contributed by atoms with Crippen molar-refractivity contribution in [2.24, 2.45) is 45.7 Å². The molecule has 4 unspecified atom stereocenters. The first-order valence-electron chi connectivity index (χ1n) is 34.3. The van der Waals surface area contributed by atoms with E-state index in [-0.39, 0.29) is 16.2 Å². The first-order chi connectivity index (χ1) is 39.6. The van der Waals surface area contributed by atoms with Crippen LogP contribution in [0.25, 0.3) is 0 Å². The van der Waals surface area contributed by atoms with Gasteiger partial charge in [0.2, 0.25) is 0 Å². The van der Waals surface area contributed by atoms with E-state index in [4.69, 9.17) is 19.9 Å². The molecule has 0 aromatic carbocycles. The maximum Gasteiger partial charge on any atom is 0.100 e. The van der Waals surface area contributed by atoms with Crippen LogP contribution in [-0.4, -0.2) is 138 Å². The highest BCUT2D eigenvalue weighted by Crippen LogP contribution is 2.31. The molecule has 0 aromatic heterocycles. The van der Waals surface area contributed by atoms with Crippen molar-refractivity contribution < 1.29 is 14.2 Å². The van der Waals surface area contributed by atoms with E-state index in [0.717, 1.165) is 95.6 Å². The molecular weight excluding hydrogens is 1050 g/mol. The van der Waals surface area contributed by atoms with Gasteiger partial charge >= 0.3 is 0 Å². The summed E-state index contributed by atoms with van der Waals surface area (Å²) in [7, 11) is 8.15. The maximum absolute atomic E-state index is 5.70. The predicted molar refractivity (Wildman–Crippen MR) is 388 cm³/mol. The molecule has 10 nitrogen and oxygen atoms in total. The third kappa shape index (κ3) is 53.4. The second kappa shape index (κ2) is 59.6. The molecule has 0 spiro atoms. The fourth-order valence-electron chi connectivity index (χ4n) is 6.89. The Kier molecular flexibility index (Phi) is 66.8. The van der Waals surface area contributed by atoms with Gasteiger partial charge in [-0.25, -0.2) is 0 Å². The maximum atomic E-state index is 5.70. The Morgan fingerprint density at radius 3 is 1.02 bits per heavy atom. The van der Waals surface area contributed by atoms with Crippen LogP contribution in [0.2, 0.25) is 0 Å². The molecule has 3 N–H and O–H groups in total. The van der Waals surface area contributed by atoms with Crippen molar-refractivity contribution in [2.75, 3.05) is 113 Å². The SMILES string of the molecule is C=C(C(C)CC)N(C)C.C=C(C(C)CC)N(CC)CC.C=C(C(C)CC)N(CCCC)CCCC.C=C(NCCCC)C(C)CC.C=C(OCCN(C)C)C(C)(C)CC.C=C(OCCN(CC)CC)C(C)(C)CC.C=C(OCCN)C(C)(C)CC. The van der Waals surface area contributed by atoms with Gasteiger partial charge in [0.15, 0.2) is 0 Å². The van der Waals surface area contributed by atoms with Crippen LogP contribution in [0.15, 0.2) is 86.1 Å². The summed E-state index contributed by atoms with van der Waals surface area (Å²) in [5.74, 6) is 5.17. The highest BCUT2D eigenvalue weighted by Gasteiger charge is 2.22. The van der Waals surface area contributed by atoms with E-state index in [2.05, 4.69) is 242 Å². The fraction of sp³-hybridized carbons (Fsp3) is 0.813. The monoisotopic (exact) mass is 1200 g/mol. The number of hydrogen-bond donors (Lipinski definition) is 2. The van der Waals surface area contributed by atoms with Gasteiger partial charge < -0.3 is 49.8 Å². The molecule has 0 aliphatic rings. The lowest BCUT2D eigenvalue weighted by molar-refractivity contribution is 0.117. The summed E-state index contributed by atoms with van der Waals surface area (Å²) in [5.41, 5.74) is 10.6. The van der Waals surface area contributed by atoms with Crippen molar-refractivity contribution in [1.82, 2.24) is 29.8 Å². The van der Waals surface area contributed by atoms with Gasteiger partial charge in [-0.15, -0.1) is 0 Å². The lowest BCUT2D eigenvalue weighted by Gasteiger charge is -2.30. The molecule has 0 heterocycles. The van der Waals surface area contributed by atoms with E-state index < -0.39 is 0 Å². The normalized spacial score (nSPS) is 12.2.